The first kappa shape index (κ1) is 17.9. The van der Waals surface area contributed by atoms with Crippen LogP contribution in [0, 0.1) is 5.82 Å². The number of rotatable bonds is 6. The van der Waals surface area contributed by atoms with Gasteiger partial charge in [-0.05, 0) is 37.5 Å². The Morgan fingerprint density at radius 2 is 1.83 bits per heavy atom. The molecule has 128 valence electrons. The maximum atomic E-state index is 12.9. The molecule has 1 saturated heterocycles. The lowest BCUT2D eigenvalue weighted by Crippen LogP contribution is -2.38. The SMILES string of the molecule is CC(CC(=O)N1CCCCCC1)NCC(O)c1ccc(F)cc1. The zero-order valence-corrected chi connectivity index (χ0v) is 13.8. The van der Waals surface area contributed by atoms with Gasteiger partial charge in [0.05, 0.1) is 6.10 Å². The summed E-state index contributed by atoms with van der Waals surface area (Å²) < 4.78 is 12.9. The number of benzene rings is 1. The van der Waals surface area contributed by atoms with Crippen molar-refractivity contribution in [1.82, 2.24) is 10.2 Å². The van der Waals surface area contributed by atoms with Crippen LogP contribution in [0.5, 0.6) is 0 Å². The second-order valence-electron chi connectivity index (χ2n) is 6.38. The van der Waals surface area contributed by atoms with Crippen molar-refractivity contribution in [2.45, 2.75) is 51.2 Å². The highest BCUT2D eigenvalue weighted by Crippen LogP contribution is 2.14. The molecule has 0 spiro atoms. The Balaban J connectivity index is 1.74. The lowest BCUT2D eigenvalue weighted by atomic mass is 10.1. The van der Waals surface area contributed by atoms with Crippen molar-refractivity contribution in [2.24, 2.45) is 0 Å². The Bertz CT molecular complexity index is 484. The van der Waals surface area contributed by atoms with E-state index in [2.05, 4.69) is 5.32 Å². The third kappa shape index (κ3) is 5.92. The first-order valence-electron chi connectivity index (χ1n) is 8.51. The number of nitrogens with zero attached hydrogens (tertiary/aromatic N) is 1. The van der Waals surface area contributed by atoms with E-state index in [1.54, 1.807) is 12.1 Å². The fourth-order valence-corrected chi connectivity index (χ4v) is 2.90. The molecule has 0 saturated carbocycles. The van der Waals surface area contributed by atoms with E-state index in [9.17, 15) is 14.3 Å². The maximum absolute atomic E-state index is 12.9. The highest BCUT2D eigenvalue weighted by Gasteiger charge is 2.18. The van der Waals surface area contributed by atoms with Crippen molar-refractivity contribution in [2.75, 3.05) is 19.6 Å². The van der Waals surface area contributed by atoms with Gasteiger partial charge in [0, 0.05) is 32.1 Å². The molecular weight excluding hydrogens is 295 g/mol. The van der Waals surface area contributed by atoms with Crippen molar-refractivity contribution < 1.29 is 14.3 Å². The number of halogens is 1. The van der Waals surface area contributed by atoms with Gasteiger partial charge in [0.1, 0.15) is 5.82 Å². The number of amides is 1. The first-order chi connectivity index (χ1) is 11.1. The van der Waals surface area contributed by atoms with Gasteiger partial charge in [-0.3, -0.25) is 4.79 Å². The Labute approximate surface area is 137 Å². The van der Waals surface area contributed by atoms with E-state index in [1.165, 1.54) is 25.0 Å². The molecular formula is C18H27FN2O2. The molecule has 2 unspecified atom stereocenters. The minimum atomic E-state index is -0.702. The molecule has 2 N–H and O–H groups in total. The zero-order valence-electron chi connectivity index (χ0n) is 13.8. The molecule has 23 heavy (non-hydrogen) atoms. The molecule has 0 radical (unpaired) electrons. The molecule has 5 heteroatoms. The number of aliphatic hydroxyl groups excluding tert-OH is 1. The third-order valence-corrected chi connectivity index (χ3v) is 4.35. The maximum Gasteiger partial charge on any atom is 0.224 e. The van der Waals surface area contributed by atoms with E-state index in [4.69, 9.17) is 0 Å². The lowest BCUT2D eigenvalue weighted by molar-refractivity contribution is -0.131. The summed E-state index contributed by atoms with van der Waals surface area (Å²) in [5.41, 5.74) is 0.671. The summed E-state index contributed by atoms with van der Waals surface area (Å²) in [6.07, 6.45) is 4.35. The van der Waals surface area contributed by atoms with Crippen molar-refractivity contribution >= 4 is 5.91 Å². The van der Waals surface area contributed by atoms with Crippen LogP contribution >= 0.6 is 0 Å². The van der Waals surface area contributed by atoms with Crippen LogP contribution in [-0.4, -0.2) is 41.6 Å². The summed E-state index contributed by atoms with van der Waals surface area (Å²) >= 11 is 0. The van der Waals surface area contributed by atoms with Gasteiger partial charge >= 0.3 is 0 Å². The summed E-state index contributed by atoms with van der Waals surface area (Å²) in [5, 5.41) is 13.3. The molecule has 1 aromatic rings. The average molecular weight is 322 g/mol. The fraction of sp³-hybridized carbons (Fsp3) is 0.611. The summed E-state index contributed by atoms with van der Waals surface area (Å²) in [6.45, 7) is 4.03. The molecule has 0 aromatic heterocycles. The predicted molar refractivity (Wildman–Crippen MR) is 88.5 cm³/mol. The van der Waals surface area contributed by atoms with Crippen LogP contribution in [0.2, 0.25) is 0 Å². The second-order valence-corrected chi connectivity index (χ2v) is 6.38. The number of hydrogen-bond acceptors (Lipinski definition) is 3. The standard InChI is InChI=1S/C18H27FN2O2/c1-14(12-18(23)21-10-4-2-3-5-11-21)20-13-17(22)15-6-8-16(19)9-7-15/h6-9,14,17,20,22H,2-5,10-13H2,1H3. The minimum Gasteiger partial charge on any atom is -0.387 e. The molecule has 1 aliphatic rings. The molecule has 0 aliphatic carbocycles. The van der Waals surface area contributed by atoms with Crippen LogP contribution in [-0.2, 0) is 4.79 Å². The highest BCUT2D eigenvalue weighted by atomic mass is 19.1. The first-order valence-corrected chi connectivity index (χ1v) is 8.51. The van der Waals surface area contributed by atoms with Crippen LogP contribution in [0.3, 0.4) is 0 Å². The van der Waals surface area contributed by atoms with Crippen LogP contribution < -0.4 is 5.32 Å². The van der Waals surface area contributed by atoms with Gasteiger partial charge in [0.15, 0.2) is 0 Å². The fourth-order valence-electron chi connectivity index (χ4n) is 2.90. The molecule has 4 nitrogen and oxygen atoms in total. The monoisotopic (exact) mass is 322 g/mol. The minimum absolute atomic E-state index is 0.000788. The Kier molecular flexibility index (Phi) is 6.99. The Morgan fingerprint density at radius 3 is 2.43 bits per heavy atom. The molecule has 2 atom stereocenters. The van der Waals surface area contributed by atoms with Crippen molar-refractivity contribution in [3.05, 3.63) is 35.6 Å². The zero-order chi connectivity index (χ0) is 16.7. The molecule has 2 rings (SSSR count). The van der Waals surface area contributed by atoms with E-state index in [0.29, 0.717) is 18.5 Å². The van der Waals surface area contributed by atoms with E-state index >= 15 is 0 Å². The average Bonchev–Trinajstić information content (AvgIpc) is 2.82. The molecule has 0 bridgehead atoms. The van der Waals surface area contributed by atoms with E-state index in [0.717, 1.165) is 25.9 Å². The van der Waals surface area contributed by atoms with Crippen LogP contribution in [0.15, 0.2) is 24.3 Å². The van der Waals surface area contributed by atoms with Gasteiger partial charge in [-0.2, -0.15) is 0 Å². The van der Waals surface area contributed by atoms with Crippen LogP contribution in [0.25, 0.3) is 0 Å². The summed E-state index contributed by atoms with van der Waals surface area (Å²) in [6, 6.07) is 5.83. The van der Waals surface area contributed by atoms with Crippen molar-refractivity contribution in [3.8, 4) is 0 Å². The van der Waals surface area contributed by atoms with E-state index < -0.39 is 6.10 Å². The number of nitrogens with one attached hydrogen (secondary N) is 1. The lowest BCUT2D eigenvalue weighted by Gasteiger charge is -2.23. The van der Waals surface area contributed by atoms with E-state index in [1.807, 2.05) is 11.8 Å². The highest BCUT2D eigenvalue weighted by molar-refractivity contribution is 5.76. The largest absolute Gasteiger partial charge is 0.387 e. The van der Waals surface area contributed by atoms with E-state index in [-0.39, 0.29) is 17.8 Å². The van der Waals surface area contributed by atoms with Gasteiger partial charge in [0.2, 0.25) is 5.91 Å². The Morgan fingerprint density at radius 1 is 1.22 bits per heavy atom. The molecule has 1 heterocycles. The molecule has 1 fully saturated rings. The topological polar surface area (TPSA) is 52.6 Å². The normalized spacial score (nSPS) is 18.3. The number of hydrogen-bond donors (Lipinski definition) is 2. The summed E-state index contributed by atoms with van der Waals surface area (Å²) in [4.78, 5) is 14.3. The van der Waals surface area contributed by atoms with Crippen molar-refractivity contribution in [3.63, 3.8) is 0 Å². The number of carbonyl (C=O) groups is 1. The molecule has 1 aromatic carbocycles. The smallest absolute Gasteiger partial charge is 0.224 e. The Hall–Kier alpha value is -1.46. The van der Waals surface area contributed by atoms with Gasteiger partial charge in [-0.1, -0.05) is 25.0 Å². The van der Waals surface area contributed by atoms with Crippen LogP contribution in [0.1, 0.15) is 50.7 Å². The summed E-state index contributed by atoms with van der Waals surface area (Å²) in [7, 11) is 0. The summed E-state index contributed by atoms with van der Waals surface area (Å²) in [5.74, 6) is -0.131. The number of likely N-dealkylation sites (tertiary alicyclic amines) is 1. The predicted octanol–water partition coefficient (Wildman–Crippen LogP) is 2.63. The van der Waals surface area contributed by atoms with Crippen LogP contribution in [0.4, 0.5) is 4.39 Å². The van der Waals surface area contributed by atoms with Gasteiger partial charge in [-0.25, -0.2) is 4.39 Å². The molecule has 1 amide bonds. The van der Waals surface area contributed by atoms with Crippen molar-refractivity contribution in [1.29, 1.82) is 0 Å². The third-order valence-electron chi connectivity index (χ3n) is 4.35. The van der Waals surface area contributed by atoms with Gasteiger partial charge in [0.25, 0.3) is 0 Å². The quantitative estimate of drug-likeness (QED) is 0.846. The van der Waals surface area contributed by atoms with Gasteiger partial charge < -0.3 is 15.3 Å². The number of aliphatic hydroxyl groups is 1. The number of carbonyl (C=O) groups excluding carboxylic acids is 1. The van der Waals surface area contributed by atoms with Gasteiger partial charge in [-0.15, -0.1) is 0 Å². The molecule has 1 aliphatic heterocycles. The second kappa shape index (κ2) is 8.99.